The fraction of sp³-hybridized carbons (Fsp3) is 0.438. The Bertz CT molecular complexity index is 857. The van der Waals surface area contributed by atoms with Crippen LogP contribution >= 0.6 is 11.3 Å². The van der Waals surface area contributed by atoms with Gasteiger partial charge in [0, 0.05) is 31.8 Å². The average Bonchev–Trinajstić information content (AvgIpc) is 3.18. The number of nitrogens with zero attached hydrogens (tertiary/aromatic N) is 4. The van der Waals surface area contributed by atoms with Crippen molar-refractivity contribution in [2.45, 2.75) is 19.0 Å². The van der Waals surface area contributed by atoms with Crippen molar-refractivity contribution in [3.63, 3.8) is 0 Å². The molecular weight excluding hydrogens is 324 g/mol. The number of aromatic nitrogens is 4. The summed E-state index contributed by atoms with van der Waals surface area (Å²) in [5.41, 5.74) is 2.44. The van der Waals surface area contributed by atoms with E-state index < -0.39 is 0 Å². The normalized spacial score (nSPS) is 15.4. The minimum absolute atomic E-state index is 0.0159. The first-order chi connectivity index (χ1) is 11.8. The summed E-state index contributed by atoms with van der Waals surface area (Å²) in [5.74, 6) is 0.877. The van der Waals surface area contributed by atoms with Crippen LogP contribution in [0.25, 0.3) is 10.2 Å². The molecule has 8 heteroatoms. The second-order valence-electron chi connectivity index (χ2n) is 5.86. The quantitative estimate of drug-likeness (QED) is 0.736. The smallest absolute Gasteiger partial charge is 0.139 e. The van der Waals surface area contributed by atoms with E-state index in [0.29, 0.717) is 6.61 Å². The lowest BCUT2D eigenvalue weighted by Gasteiger charge is -2.20. The molecule has 1 aliphatic rings. The van der Waals surface area contributed by atoms with E-state index >= 15 is 0 Å². The van der Waals surface area contributed by atoms with Crippen LogP contribution in [0.3, 0.4) is 0 Å². The number of hydrogen-bond acceptors (Lipinski definition) is 7. The van der Waals surface area contributed by atoms with E-state index in [1.165, 1.54) is 10.4 Å². The van der Waals surface area contributed by atoms with Gasteiger partial charge in [0.25, 0.3) is 0 Å². The standard InChI is InChI=1S/C16H20N6OS/c1-22-12(4-6-20-22)11(8-23-2)21-15-14-10-3-5-17-7-13(10)24-16(14)19-9-18-15/h4,6,9,11,17H,3,5,7-8H2,1-2H3,(H,18,19,21)/t11-/m1/s1. The zero-order chi connectivity index (χ0) is 16.5. The van der Waals surface area contributed by atoms with E-state index in [0.717, 1.165) is 41.2 Å². The molecule has 4 rings (SSSR count). The van der Waals surface area contributed by atoms with Crippen molar-refractivity contribution < 1.29 is 4.74 Å². The number of hydrogen-bond donors (Lipinski definition) is 2. The van der Waals surface area contributed by atoms with Gasteiger partial charge in [-0.1, -0.05) is 0 Å². The summed E-state index contributed by atoms with van der Waals surface area (Å²) < 4.78 is 7.27. The Morgan fingerprint density at radius 3 is 3.17 bits per heavy atom. The maximum absolute atomic E-state index is 5.41. The molecule has 1 atom stereocenters. The first-order valence-electron chi connectivity index (χ1n) is 7.97. The molecule has 0 radical (unpaired) electrons. The van der Waals surface area contributed by atoms with Gasteiger partial charge < -0.3 is 15.4 Å². The SMILES string of the molecule is COC[C@@H](Nc1ncnc2sc3c(c12)CCNC3)c1ccnn1C. The Morgan fingerprint density at radius 2 is 2.38 bits per heavy atom. The van der Waals surface area contributed by atoms with Gasteiger partial charge in [0.2, 0.25) is 0 Å². The molecule has 2 N–H and O–H groups in total. The van der Waals surface area contributed by atoms with Gasteiger partial charge >= 0.3 is 0 Å². The van der Waals surface area contributed by atoms with Crippen LogP contribution in [-0.4, -0.2) is 40.0 Å². The molecule has 0 amide bonds. The average molecular weight is 344 g/mol. The van der Waals surface area contributed by atoms with Crippen LogP contribution in [0.1, 0.15) is 22.2 Å². The van der Waals surface area contributed by atoms with Gasteiger partial charge in [-0.3, -0.25) is 4.68 Å². The minimum atomic E-state index is -0.0159. The largest absolute Gasteiger partial charge is 0.382 e. The second kappa shape index (κ2) is 6.46. The Labute approximate surface area is 144 Å². The van der Waals surface area contributed by atoms with Crippen molar-refractivity contribution in [3.05, 3.63) is 34.7 Å². The Kier molecular flexibility index (Phi) is 4.17. The Balaban J connectivity index is 1.75. The predicted molar refractivity (Wildman–Crippen MR) is 94.3 cm³/mol. The lowest BCUT2D eigenvalue weighted by atomic mass is 10.1. The monoisotopic (exact) mass is 344 g/mol. The molecule has 1 aliphatic heterocycles. The molecule has 0 aliphatic carbocycles. The number of fused-ring (bicyclic) bond motifs is 3. The molecule has 3 aromatic heterocycles. The molecule has 4 heterocycles. The highest BCUT2D eigenvalue weighted by atomic mass is 32.1. The third kappa shape index (κ3) is 2.66. The van der Waals surface area contributed by atoms with E-state index in [9.17, 15) is 0 Å². The summed E-state index contributed by atoms with van der Waals surface area (Å²) in [6.07, 6.45) is 4.44. The molecule has 0 aromatic carbocycles. The van der Waals surface area contributed by atoms with Gasteiger partial charge in [-0.15, -0.1) is 11.3 Å². The molecular formula is C16H20N6OS. The first-order valence-corrected chi connectivity index (χ1v) is 8.79. The molecule has 0 fully saturated rings. The van der Waals surface area contributed by atoms with Gasteiger partial charge in [-0.25, -0.2) is 9.97 Å². The fourth-order valence-electron chi connectivity index (χ4n) is 3.23. The highest BCUT2D eigenvalue weighted by Crippen LogP contribution is 2.36. The number of methoxy groups -OCH3 is 1. The lowest BCUT2D eigenvalue weighted by molar-refractivity contribution is 0.184. The van der Waals surface area contributed by atoms with E-state index in [-0.39, 0.29) is 6.04 Å². The van der Waals surface area contributed by atoms with Crippen LogP contribution < -0.4 is 10.6 Å². The number of thiophene rings is 1. The third-order valence-corrected chi connectivity index (χ3v) is 5.51. The molecule has 3 aromatic rings. The second-order valence-corrected chi connectivity index (χ2v) is 6.95. The van der Waals surface area contributed by atoms with E-state index in [1.54, 1.807) is 31.0 Å². The number of rotatable bonds is 5. The summed E-state index contributed by atoms with van der Waals surface area (Å²) in [7, 11) is 3.64. The molecule has 0 bridgehead atoms. The van der Waals surface area contributed by atoms with Crippen molar-refractivity contribution in [2.24, 2.45) is 7.05 Å². The van der Waals surface area contributed by atoms with E-state index in [1.807, 2.05) is 17.8 Å². The van der Waals surface area contributed by atoms with Crippen molar-refractivity contribution in [1.82, 2.24) is 25.1 Å². The molecule has 0 spiro atoms. The van der Waals surface area contributed by atoms with E-state index in [2.05, 4.69) is 25.7 Å². The van der Waals surface area contributed by atoms with Gasteiger partial charge in [0.1, 0.15) is 17.0 Å². The first kappa shape index (κ1) is 15.5. The van der Waals surface area contributed by atoms with Crippen molar-refractivity contribution >= 4 is 27.4 Å². The number of ether oxygens (including phenoxy) is 1. The van der Waals surface area contributed by atoms with Crippen molar-refractivity contribution in [1.29, 1.82) is 0 Å². The molecule has 0 unspecified atom stereocenters. The van der Waals surface area contributed by atoms with Gasteiger partial charge in [-0.2, -0.15) is 5.10 Å². The molecule has 24 heavy (non-hydrogen) atoms. The van der Waals surface area contributed by atoms with Crippen LogP contribution in [-0.2, 0) is 24.8 Å². The van der Waals surface area contributed by atoms with Crippen LogP contribution in [0.5, 0.6) is 0 Å². The molecule has 0 saturated carbocycles. The Morgan fingerprint density at radius 1 is 1.46 bits per heavy atom. The fourth-order valence-corrected chi connectivity index (χ4v) is 4.38. The van der Waals surface area contributed by atoms with Crippen LogP contribution in [0, 0.1) is 0 Å². The number of anilines is 1. The van der Waals surface area contributed by atoms with E-state index in [4.69, 9.17) is 4.74 Å². The highest BCUT2D eigenvalue weighted by Gasteiger charge is 2.22. The zero-order valence-electron chi connectivity index (χ0n) is 13.7. The minimum Gasteiger partial charge on any atom is -0.382 e. The lowest BCUT2D eigenvalue weighted by Crippen LogP contribution is -2.23. The summed E-state index contributed by atoms with van der Waals surface area (Å²) in [4.78, 5) is 11.4. The van der Waals surface area contributed by atoms with Crippen LogP contribution in [0.4, 0.5) is 5.82 Å². The predicted octanol–water partition coefficient (Wildman–Crippen LogP) is 1.87. The van der Waals surface area contributed by atoms with Crippen LogP contribution in [0.2, 0.25) is 0 Å². The highest BCUT2D eigenvalue weighted by molar-refractivity contribution is 7.18. The number of aryl methyl sites for hydroxylation is 1. The molecule has 126 valence electrons. The van der Waals surface area contributed by atoms with Crippen LogP contribution in [0.15, 0.2) is 18.6 Å². The molecule has 0 saturated heterocycles. The maximum Gasteiger partial charge on any atom is 0.139 e. The van der Waals surface area contributed by atoms with Gasteiger partial charge in [0.15, 0.2) is 0 Å². The Hall–Kier alpha value is -2.03. The van der Waals surface area contributed by atoms with Crippen molar-refractivity contribution in [2.75, 3.05) is 25.6 Å². The topological polar surface area (TPSA) is 76.9 Å². The summed E-state index contributed by atoms with van der Waals surface area (Å²) >= 11 is 1.75. The summed E-state index contributed by atoms with van der Waals surface area (Å²) in [5, 5.41) is 12.4. The maximum atomic E-state index is 5.41. The molecule has 7 nitrogen and oxygen atoms in total. The number of nitrogens with one attached hydrogen (secondary N) is 2. The summed E-state index contributed by atoms with van der Waals surface area (Å²) in [6, 6.07) is 1.99. The zero-order valence-corrected chi connectivity index (χ0v) is 14.6. The summed E-state index contributed by atoms with van der Waals surface area (Å²) in [6.45, 7) is 2.45. The van der Waals surface area contributed by atoms with Gasteiger partial charge in [-0.05, 0) is 24.6 Å². The third-order valence-electron chi connectivity index (χ3n) is 4.37. The van der Waals surface area contributed by atoms with Crippen molar-refractivity contribution in [3.8, 4) is 0 Å². The van der Waals surface area contributed by atoms with Gasteiger partial charge in [0.05, 0.1) is 23.7 Å².